The number of carbonyl (C=O) groups excluding carboxylic acids is 1. The second-order valence-electron chi connectivity index (χ2n) is 5.57. The van der Waals surface area contributed by atoms with Crippen molar-refractivity contribution in [3.8, 4) is 5.75 Å². The van der Waals surface area contributed by atoms with E-state index in [2.05, 4.69) is 5.32 Å². The number of halogens is 1. The molecule has 0 aliphatic carbocycles. The molecule has 0 saturated heterocycles. The van der Waals surface area contributed by atoms with E-state index < -0.39 is 15.9 Å². The maximum atomic E-state index is 12.3. The fourth-order valence-corrected chi connectivity index (χ4v) is 3.30. The van der Waals surface area contributed by atoms with E-state index in [1.54, 1.807) is 55.5 Å². The highest BCUT2D eigenvalue weighted by Crippen LogP contribution is 2.29. The molecule has 26 heavy (non-hydrogen) atoms. The van der Waals surface area contributed by atoms with Crippen molar-refractivity contribution in [2.75, 3.05) is 23.7 Å². The van der Waals surface area contributed by atoms with Crippen molar-refractivity contribution < 1.29 is 17.9 Å². The average Bonchev–Trinajstić information content (AvgIpc) is 2.59. The summed E-state index contributed by atoms with van der Waals surface area (Å²) in [4.78, 5) is 12.3. The van der Waals surface area contributed by atoms with Crippen LogP contribution in [0.5, 0.6) is 5.75 Å². The lowest BCUT2D eigenvalue weighted by atomic mass is 10.2. The molecule has 0 atom stereocenters. The Morgan fingerprint density at radius 3 is 2.42 bits per heavy atom. The van der Waals surface area contributed by atoms with Crippen molar-refractivity contribution in [2.24, 2.45) is 0 Å². The molecule has 6 nitrogen and oxygen atoms in total. The first-order valence-corrected chi connectivity index (χ1v) is 10.2. The lowest BCUT2D eigenvalue weighted by Gasteiger charge is -2.24. The molecule has 1 N–H and O–H groups in total. The summed E-state index contributed by atoms with van der Waals surface area (Å²) in [6, 6.07) is 13.8. The Hall–Kier alpha value is -2.25. The van der Waals surface area contributed by atoms with Crippen LogP contribution in [0.2, 0.25) is 5.02 Å². The molecule has 0 spiro atoms. The van der Waals surface area contributed by atoms with Gasteiger partial charge in [-0.1, -0.05) is 35.9 Å². The minimum absolute atomic E-state index is 0.278. The molecular formula is C18H21ClN2O4S. The van der Waals surface area contributed by atoms with Gasteiger partial charge in [-0.05, 0) is 36.8 Å². The molecule has 2 aromatic carbocycles. The van der Waals surface area contributed by atoms with E-state index in [-0.39, 0.29) is 13.1 Å². The number of hydrogen-bond donors (Lipinski definition) is 1. The number of para-hydroxylation sites is 2. The Bertz CT molecular complexity index is 854. The maximum Gasteiger partial charge on any atom is 0.241 e. The van der Waals surface area contributed by atoms with Gasteiger partial charge in [0.2, 0.25) is 15.9 Å². The van der Waals surface area contributed by atoms with Gasteiger partial charge in [-0.3, -0.25) is 9.10 Å². The number of nitrogens with one attached hydrogen (secondary N) is 1. The van der Waals surface area contributed by atoms with Crippen LogP contribution < -0.4 is 14.4 Å². The summed E-state index contributed by atoms with van der Waals surface area (Å²) in [5.41, 5.74) is 1.20. The van der Waals surface area contributed by atoms with Gasteiger partial charge in [0.05, 0.1) is 18.6 Å². The quantitative estimate of drug-likeness (QED) is 0.744. The molecule has 0 fully saturated rings. The zero-order chi connectivity index (χ0) is 19.2. The van der Waals surface area contributed by atoms with Crippen molar-refractivity contribution in [3.05, 3.63) is 59.1 Å². The van der Waals surface area contributed by atoms with Gasteiger partial charge in [0.15, 0.2) is 0 Å². The van der Waals surface area contributed by atoms with E-state index in [9.17, 15) is 13.2 Å². The molecule has 0 aliphatic rings. The molecule has 140 valence electrons. The molecule has 0 bridgehead atoms. The predicted octanol–water partition coefficient (Wildman–Crippen LogP) is 2.82. The third-order valence-electron chi connectivity index (χ3n) is 3.52. The maximum absolute atomic E-state index is 12.3. The van der Waals surface area contributed by atoms with Crippen molar-refractivity contribution in [1.29, 1.82) is 0 Å². The third-order valence-corrected chi connectivity index (χ3v) is 4.90. The van der Waals surface area contributed by atoms with Crippen molar-refractivity contribution in [2.45, 2.75) is 13.5 Å². The molecule has 2 rings (SSSR count). The zero-order valence-electron chi connectivity index (χ0n) is 14.6. The van der Waals surface area contributed by atoms with E-state index in [1.807, 2.05) is 0 Å². The van der Waals surface area contributed by atoms with E-state index in [0.29, 0.717) is 23.1 Å². The first kappa shape index (κ1) is 20.1. The van der Waals surface area contributed by atoms with Crippen LogP contribution >= 0.6 is 11.6 Å². The molecule has 1 amide bonds. The van der Waals surface area contributed by atoms with Gasteiger partial charge in [0.1, 0.15) is 12.3 Å². The van der Waals surface area contributed by atoms with Crippen LogP contribution in [0.15, 0.2) is 48.5 Å². The molecule has 0 heterocycles. The van der Waals surface area contributed by atoms with Crippen LogP contribution in [0.1, 0.15) is 12.5 Å². The summed E-state index contributed by atoms with van der Waals surface area (Å²) >= 11 is 5.83. The van der Waals surface area contributed by atoms with Crippen LogP contribution in [0.4, 0.5) is 5.69 Å². The fraction of sp³-hybridized carbons (Fsp3) is 0.278. The second-order valence-corrected chi connectivity index (χ2v) is 7.92. The minimum atomic E-state index is -3.67. The summed E-state index contributed by atoms with van der Waals surface area (Å²) in [5.74, 6) is -0.0115. The van der Waals surface area contributed by atoms with Gasteiger partial charge in [-0.15, -0.1) is 0 Å². The third kappa shape index (κ3) is 5.64. The molecule has 2 aromatic rings. The lowest BCUT2D eigenvalue weighted by molar-refractivity contribution is -0.119. The van der Waals surface area contributed by atoms with E-state index in [1.165, 1.54) is 0 Å². The number of rotatable bonds is 8. The first-order chi connectivity index (χ1) is 12.3. The highest BCUT2D eigenvalue weighted by atomic mass is 35.5. The molecule has 0 unspecified atom stereocenters. The van der Waals surface area contributed by atoms with Gasteiger partial charge in [0.25, 0.3) is 0 Å². The monoisotopic (exact) mass is 396 g/mol. The minimum Gasteiger partial charge on any atom is -0.492 e. The number of nitrogens with zero attached hydrogens (tertiary/aromatic N) is 1. The lowest BCUT2D eigenvalue weighted by Crippen LogP contribution is -2.40. The van der Waals surface area contributed by atoms with Crippen molar-refractivity contribution >= 4 is 33.2 Å². The Kier molecular flexibility index (Phi) is 6.88. The summed E-state index contributed by atoms with van der Waals surface area (Å²) in [6.45, 7) is 2.13. The van der Waals surface area contributed by atoms with E-state index in [0.717, 1.165) is 16.1 Å². The molecular weight excluding hydrogens is 376 g/mol. The number of ether oxygens (including phenoxy) is 1. The van der Waals surface area contributed by atoms with Crippen LogP contribution in [0.25, 0.3) is 0 Å². The van der Waals surface area contributed by atoms with Crippen LogP contribution in [0.3, 0.4) is 0 Å². The smallest absolute Gasteiger partial charge is 0.241 e. The predicted molar refractivity (Wildman–Crippen MR) is 103 cm³/mol. The highest BCUT2D eigenvalue weighted by Gasteiger charge is 2.23. The van der Waals surface area contributed by atoms with Gasteiger partial charge in [-0.25, -0.2) is 8.42 Å². The van der Waals surface area contributed by atoms with Crippen molar-refractivity contribution in [3.63, 3.8) is 0 Å². The number of sulfonamides is 1. The molecule has 0 radical (unpaired) electrons. The average molecular weight is 397 g/mol. The van der Waals surface area contributed by atoms with Gasteiger partial charge in [0, 0.05) is 11.6 Å². The second kappa shape index (κ2) is 8.91. The Balaban J connectivity index is 2.13. The first-order valence-electron chi connectivity index (χ1n) is 8.02. The summed E-state index contributed by atoms with van der Waals surface area (Å²) < 4.78 is 30.9. The summed E-state index contributed by atoms with van der Waals surface area (Å²) in [5, 5.41) is 3.32. The molecule has 8 heteroatoms. The number of carbonyl (C=O) groups is 1. The van der Waals surface area contributed by atoms with E-state index in [4.69, 9.17) is 16.3 Å². The Morgan fingerprint density at radius 2 is 1.81 bits per heavy atom. The summed E-state index contributed by atoms with van der Waals surface area (Å²) in [7, 11) is -3.67. The fourth-order valence-electron chi connectivity index (χ4n) is 2.31. The standard InChI is InChI=1S/C18H21ClN2O4S/c1-3-25-17-7-5-4-6-16(17)21(26(2,23)24)13-18(22)20-12-14-8-10-15(19)11-9-14/h4-11H,3,12-13H2,1-2H3,(H,20,22). The molecule has 0 aliphatic heterocycles. The number of benzene rings is 2. The summed E-state index contributed by atoms with van der Waals surface area (Å²) in [6.07, 6.45) is 1.06. The normalized spacial score (nSPS) is 11.0. The zero-order valence-corrected chi connectivity index (χ0v) is 16.2. The van der Waals surface area contributed by atoms with Gasteiger partial charge in [-0.2, -0.15) is 0 Å². The largest absolute Gasteiger partial charge is 0.492 e. The van der Waals surface area contributed by atoms with Gasteiger partial charge >= 0.3 is 0 Å². The molecule has 0 saturated carbocycles. The topological polar surface area (TPSA) is 75.7 Å². The Labute approximate surface area is 158 Å². The Morgan fingerprint density at radius 1 is 1.15 bits per heavy atom. The molecule has 0 aromatic heterocycles. The van der Waals surface area contributed by atoms with Gasteiger partial charge < -0.3 is 10.1 Å². The van der Waals surface area contributed by atoms with Crippen LogP contribution in [-0.2, 0) is 21.4 Å². The highest BCUT2D eigenvalue weighted by molar-refractivity contribution is 7.92. The number of hydrogen-bond acceptors (Lipinski definition) is 4. The van der Waals surface area contributed by atoms with Crippen molar-refractivity contribution in [1.82, 2.24) is 5.32 Å². The van der Waals surface area contributed by atoms with Crippen LogP contribution in [-0.4, -0.2) is 33.7 Å². The number of anilines is 1. The number of amides is 1. The SMILES string of the molecule is CCOc1ccccc1N(CC(=O)NCc1ccc(Cl)cc1)S(C)(=O)=O. The van der Waals surface area contributed by atoms with E-state index >= 15 is 0 Å². The van der Waals surface area contributed by atoms with Crippen LogP contribution in [0, 0.1) is 0 Å².